The van der Waals surface area contributed by atoms with Crippen molar-refractivity contribution in [2.45, 2.75) is 39.5 Å². The van der Waals surface area contributed by atoms with Crippen LogP contribution in [0.4, 0.5) is 5.69 Å². The molecule has 28 heavy (non-hydrogen) atoms. The highest BCUT2D eigenvalue weighted by Crippen LogP contribution is 2.26. The number of hydrogen-bond acceptors (Lipinski definition) is 4. The first kappa shape index (κ1) is 21.6. The molecule has 0 unspecified atom stereocenters. The van der Waals surface area contributed by atoms with Gasteiger partial charge in [0.25, 0.3) is 15.9 Å². The lowest BCUT2D eigenvalue weighted by atomic mass is 9.91. The van der Waals surface area contributed by atoms with Crippen molar-refractivity contribution < 1.29 is 13.2 Å². The van der Waals surface area contributed by atoms with Crippen molar-refractivity contribution in [2.75, 3.05) is 10.8 Å². The average molecular weight is 402 g/mol. The van der Waals surface area contributed by atoms with Crippen molar-refractivity contribution in [1.29, 1.82) is 0 Å². The monoisotopic (exact) mass is 401 g/mol. The van der Waals surface area contributed by atoms with Gasteiger partial charge in [-0.2, -0.15) is 5.10 Å². The molecule has 0 heterocycles. The molecule has 1 N–H and O–H groups in total. The van der Waals surface area contributed by atoms with Crippen molar-refractivity contribution in [3.05, 3.63) is 60.2 Å². The van der Waals surface area contributed by atoms with Crippen LogP contribution in [0.5, 0.6) is 0 Å². The first-order valence-electron chi connectivity index (χ1n) is 9.00. The molecule has 150 valence electrons. The van der Waals surface area contributed by atoms with Crippen LogP contribution in [0.25, 0.3) is 0 Å². The predicted molar refractivity (Wildman–Crippen MR) is 113 cm³/mol. The Labute approximate surface area is 167 Å². The molecule has 2 aromatic carbocycles. The normalized spacial score (nSPS) is 12.5. The van der Waals surface area contributed by atoms with Gasteiger partial charge in [0.15, 0.2) is 0 Å². The summed E-state index contributed by atoms with van der Waals surface area (Å²) in [6.07, 6.45) is 0. The fraction of sp³-hybridized carbons (Fsp3) is 0.333. The number of amides is 1. The molecule has 0 radical (unpaired) electrons. The molecule has 0 atom stereocenters. The highest BCUT2D eigenvalue weighted by atomic mass is 32.2. The number of hydrogen-bond donors (Lipinski definition) is 1. The Morgan fingerprint density at radius 1 is 1.04 bits per heavy atom. The smallest absolute Gasteiger partial charge is 0.264 e. The lowest BCUT2D eigenvalue weighted by Gasteiger charge is -2.25. The van der Waals surface area contributed by atoms with Gasteiger partial charge in [0.05, 0.1) is 10.6 Å². The summed E-state index contributed by atoms with van der Waals surface area (Å²) in [5.74, 6) is -0.508. The highest BCUT2D eigenvalue weighted by molar-refractivity contribution is 7.92. The van der Waals surface area contributed by atoms with Crippen LogP contribution >= 0.6 is 0 Å². The third-order valence-electron chi connectivity index (χ3n) is 4.44. The zero-order chi connectivity index (χ0) is 20.9. The summed E-state index contributed by atoms with van der Waals surface area (Å²) < 4.78 is 27.6. The van der Waals surface area contributed by atoms with Crippen LogP contribution in [0, 0.1) is 12.3 Å². The number of carbonyl (C=O) groups excluding carboxylic acids is 1. The molecule has 0 aliphatic rings. The Morgan fingerprint density at radius 3 is 2.18 bits per heavy atom. The molecule has 0 aliphatic heterocycles. The molecule has 0 aromatic heterocycles. The van der Waals surface area contributed by atoms with Gasteiger partial charge in [-0.3, -0.25) is 9.10 Å². The molecular weight excluding hydrogens is 374 g/mol. The second-order valence-electron chi connectivity index (χ2n) is 7.59. The first-order valence-corrected chi connectivity index (χ1v) is 10.4. The number of aryl methyl sites for hydroxylation is 1. The van der Waals surface area contributed by atoms with Crippen LogP contribution < -0.4 is 9.73 Å². The zero-order valence-corrected chi connectivity index (χ0v) is 17.7. The van der Waals surface area contributed by atoms with Crippen LogP contribution in [-0.4, -0.2) is 26.6 Å². The van der Waals surface area contributed by atoms with Crippen molar-refractivity contribution in [1.82, 2.24) is 5.43 Å². The minimum atomic E-state index is -3.91. The van der Waals surface area contributed by atoms with E-state index in [1.165, 1.54) is 12.1 Å². The van der Waals surface area contributed by atoms with E-state index in [2.05, 4.69) is 10.5 Å². The lowest BCUT2D eigenvalue weighted by Crippen LogP contribution is -2.40. The van der Waals surface area contributed by atoms with E-state index in [0.29, 0.717) is 5.69 Å². The zero-order valence-electron chi connectivity index (χ0n) is 16.9. The Hall–Kier alpha value is -2.67. The molecule has 0 fully saturated rings. The van der Waals surface area contributed by atoms with Gasteiger partial charge in [0, 0.05) is 11.1 Å². The number of benzene rings is 2. The second kappa shape index (κ2) is 8.56. The maximum Gasteiger partial charge on any atom is 0.264 e. The van der Waals surface area contributed by atoms with E-state index in [1.807, 2.05) is 46.8 Å². The van der Waals surface area contributed by atoms with Crippen LogP contribution in [0.1, 0.15) is 33.3 Å². The topological polar surface area (TPSA) is 78.8 Å². The lowest BCUT2D eigenvalue weighted by molar-refractivity contribution is -0.119. The van der Waals surface area contributed by atoms with Crippen molar-refractivity contribution in [3.63, 3.8) is 0 Å². The molecule has 0 saturated heterocycles. The van der Waals surface area contributed by atoms with Gasteiger partial charge >= 0.3 is 0 Å². The third-order valence-corrected chi connectivity index (χ3v) is 6.21. The molecular formula is C21H27N3O3S. The quantitative estimate of drug-likeness (QED) is 0.592. The van der Waals surface area contributed by atoms with E-state index in [1.54, 1.807) is 30.3 Å². The minimum absolute atomic E-state index is 0.125. The molecule has 1 amide bonds. The molecule has 7 heteroatoms. The van der Waals surface area contributed by atoms with Crippen molar-refractivity contribution in [3.8, 4) is 0 Å². The predicted octanol–water partition coefficient (Wildman–Crippen LogP) is 3.73. The van der Waals surface area contributed by atoms with Crippen molar-refractivity contribution in [2.24, 2.45) is 10.5 Å². The Bertz CT molecular complexity index is 962. The number of anilines is 1. The molecule has 6 nitrogen and oxygen atoms in total. The Balaban J connectivity index is 2.38. The Kier molecular flexibility index (Phi) is 6.61. The van der Waals surface area contributed by atoms with Gasteiger partial charge in [-0.05, 0) is 37.6 Å². The molecule has 2 rings (SSSR count). The maximum atomic E-state index is 13.2. The summed E-state index contributed by atoms with van der Waals surface area (Å²) in [5.41, 5.74) is 4.23. The average Bonchev–Trinajstić information content (AvgIpc) is 2.64. The number of para-hydroxylation sites is 1. The fourth-order valence-electron chi connectivity index (χ4n) is 2.34. The molecule has 0 spiro atoms. The van der Waals surface area contributed by atoms with E-state index in [-0.39, 0.29) is 16.9 Å². The summed E-state index contributed by atoms with van der Waals surface area (Å²) in [4.78, 5) is 12.6. The summed E-state index contributed by atoms with van der Waals surface area (Å²) in [6, 6.07) is 15.1. The summed E-state index contributed by atoms with van der Waals surface area (Å²) in [5, 5.41) is 4.11. The van der Waals surface area contributed by atoms with Crippen molar-refractivity contribution >= 4 is 27.3 Å². The van der Waals surface area contributed by atoms with E-state index >= 15 is 0 Å². The summed E-state index contributed by atoms with van der Waals surface area (Å²) in [7, 11) is -3.91. The maximum absolute atomic E-state index is 13.2. The molecule has 0 bridgehead atoms. The SMILES string of the molecule is C/C(=N/NC(=O)CN(c1ccccc1C)S(=O)(=O)c1ccccc1)C(C)(C)C. The van der Waals surface area contributed by atoms with Gasteiger partial charge in [-0.25, -0.2) is 13.8 Å². The van der Waals surface area contributed by atoms with Crippen LogP contribution in [-0.2, 0) is 14.8 Å². The van der Waals surface area contributed by atoms with Gasteiger partial charge in [0.1, 0.15) is 6.54 Å². The van der Waals surface area contributed by atoms with Gasteiger partial charge in [-0.1, -0.05) is 57.2 Å². The number of nitrogens with zero attached hydrogens (tertiary/aromatic N) is 2. The molecule has 0 saturated carbocycles. The summed E-state index contributed by atoms with van der Waals surface area (Å²) in [6.45, 7) is 9.21. The third kappa shape index (κ3) is 5.19. The first-order chi connectivity index (χ1) is 13.0. The Morgan fingerprint density at radius 2 is 1.61 bits per heavy atom. The highest BCUT2D eigenvalue weighted by Gasteiger charge is 2.28. The number of hydrazone groups is 1. The molecule has 0 aliphatic carbocycles. The molecule has 2 aromatic rings. The number of rotatable bonds is 6. The minimum Gasteiger partial charge on any atom is -0.271 e. The number of sulfonamides is 1. The largest absolute Gasteiger partial charge is 0.271 e. The summed E-state index contributed by atoms with van der Waals surface area (Å²) >= 11 is 0. The van der Waals surface area contributed by atoms with E-state index < -0.39 is 15.9 Å². The van der Waals surface area contributed by atoms with E-state index in [0.717, 1.165) is 15.6 Å². The van der Waals surface area contributed by atoms with E-state index in [9.17, 15) is 13.2 Å². The fourth-order valence-corrected chi connectivity index (χ4v) is 3.85. The number of nitrogens with one attached hydrogen (secondary N) is 1. The van der Waals surface area contributed by atoms with Gasteiger partial charge < -0.3 is 0 Å². The van der Waals surface area contributed by atoms with E-state index in [4.69, 9.17) is 0 Å². The van der Waals surface area contributed by atoms with Crippen LogP contribution in [0.3, 0.4) is 0 Å². The second-order valence-corrected chi connectivity index (χ2v) is 9.46. The van der Waals surface area contributed by atoms with Gasteiger partial charge in [0.2, 0.25) is 0 Å². The van der Waals surface area contributed by atoms with Crippen LogP contribution in [0.2, 0.25) is 0 Å². The number of carbonyl (C=O) groups is 1. The van der Waals surface area contributed by atoms with Gasteiger partial charge in [-0.15, -0.1) is 0 Å². The van der Waals surface area contributed by atoms with Crippen LogP contribution in [0.15, 0.2) is 64.6 Å². The standard InChI is InChI=1S/C21H27N3O3S/c1-16-11-9-10-14-19(16)24(28(26,27)18-12-7-6-8-13-18)15-20(25)23-22-17(2)21(3,4)5/h6-14H,15H2,1-5H3,(H,23,25)/b22-17-.